The summed E-state index contributed by atoms with van der Waals surface area (Å²) in [7, 11) is 2.00. The topological polar surface area (TPSA) is 84.3 Å². The molecular formula is C21H25ClN6O. The van der Waals surface area contributed by atoms with Gasteiger partial charge in [0.15, 0.2) is 0 Å². The van der Waals surface area contributed by atoms with Crippen molar-refractivity contribution in [2.75, 3.05) is 30.8 Å². The number of anilines is 2. The fraction of sp³-hybridized carbons (Fsp3) is 0.381. The molecule has 0 spiro atoms. The molecule has 0 aliphatic carbocycles. The Morgan fingerprint density at radius 1 is 1.17 bits per heavy atom. The molecule has 4 rings (SSSR count). The van der Waals surface area contributed by atoms with Crippen LogP contribution in [-0.2, 0) is 13.1 Å². The van der Waals surface area contributed by atoms with E-state index in [1.54, 1.807) is 6.07 Å². The van der Waals surface area contributed by atoms with Crippen LogP contribution in [0.1, 0.15) is 36.1 Å². The summed E-state index contributed by atoms with van der Waals surface area (Å²) in [4.78, 5) is 8.82. The zero-order valence-electron chi connectivity index (χ0n) is 16.5. The minimum atomic E-state index is 0.296. The van der Waals surface area contributed by atoms with Gasteiger partial charge in [-0.3, -0.25) is 4.90 Å². The van der Waals surface area contributed by atoms with Gasteiger partial charge in [-0.05, 0) is 55.8 Å². The summed E-state index contributed by atoms with van der Waals surface area (Å²) in [5, 5.41) is 9.23. The molecule has 1 saturated heterocycles. The number of piperidine rings is 1. The number of nitrogens with zero attached hydrogens (tertiary/aromatic N) is 5. The maximum Gasteiger partial charge on any atom is 0.230 e. The molecule has 1 aliphatic rings. The first-order valence-electron chi connectivity index (χ1n) is 9.79. The molecule has 7 nitrogen and oxygen atoms in total. The summed E-state index contributed by atoms with van der Waals surface area (Å²) in [5.41, 5.74) is 7.76. The summed E-state index contributed by atoms with van der Waals surface area (Å²) in [6.45, 7) is 3.10. The van der Waals surface area contributed by atoms with Gasteiger partial charge in [-0.2, -0.15) is 0 Å². The lowest BCUT2D eigenvalue weighted by molar-refractivity contribution is 0.272. The average molecular weight is 413 g/mol. The molecule has 2 N–H and O–H groups in total. The number of hydrogen-bond donors (Lipinski definition) is 1. The van der Waals surface area contributed by atoms with Gasteiger partial charge in [0.05, 0.1) is 6.54 Å². The maximum atomic E-state index is 6.08. The number of pyridine rings is 1. The fourth-order valence-electron chi connectivity index (χ4n) is 3.68. The highest BCUT2D eigenvalue weighted by Crippen LogP contribution is 2.29. The first-order chi connectivity index (χ1) is 14.1. The van der Waals surface area contributed by atoms with Gasteiger partial charge in [0.25, 0.3) is 0 Å². The van der Waals surface area contributed by atoms with E-state index in [0.717, 1.165) is 48.9 Å². The highest BCUT2D eigenvalue weighted by Gasteiger charge is 2.25. The largest absolute Gasteiger partial charge is 0.424 e. The Bertz CT molecular complexity index is 939. The van der Waals surface area contributed by atoms with E-state index in [-0.39, 0.29) is 0 Å². The molecule has 29 heavy (non-hydrogen) atoms. The molecule has 1 aliphatic heterocycles. The Labute approximate surface area is 175 Å². The Morgan fingerprint density at radius 3 is 2.76 bits per heavy atom. The smallest absolute Gasteiger partial charge is 0.230 e. The zero-order chi connectivity index (χ0) is 20.2. The Kier molecular flexibility index (Phi) is 5.97. The lowest BCUT2D eigenvalue weighted by Gasteiger charge is -2.31. The zero-order valence-corrected chi connectivity index (χ0v) is 17.2. The number of nitrogens with two attached hydrogens (primary N) is 1. The average Bonchev–Trinajstić information content (AvgIpc) is 3.20. The SMILES string of the molecule is CN(Cc1nnc(C2CCN(c3ccccn3)CC2)o1)Cc1cc(Cl)ccc1N. The number of benzene rings is 1. The van der Waals surface area contributed by atoms with Gasteiger partial charge in [-0.25, -0.2) is 4.98 Å². The second kappa shape index (κ2) is 8.80. The molecule has 0 bridgehead atoms. The van der Waals surface area contributed by atoms with E-state index in [2.05, 4.69) is 25.0 Å². The van der Waals surface area contributed by atoms with Gasteiger partial charge in [0.2, 0.25) is 11.8 Å². The Hall–Kier alpha value is -2.64. The van der Waals surface area contributed by atoms with Crippen molar-refractivity contribution in [3.63, 3.8) is 0 Å². The summed E-state index contributed by atoms with van der Waals surface area (Å²) >= 11 is 6.08. The van der Waals surface area contributed by atoms with Crippen molar-refractivity contribution >= 4 is 23.1 Å². The van der Waals surface area contributed by atoms with E-state index >= 15 is 0 Å². The highest BCUT2D eigenvalue weighted by molar-refractivity contribution is 6.30. The molecule has 0 radical (unpaired) electrons. The number of rotatable bonds is 6. The minimum Gasteiger partial charge on any atom is -0.424 e. The lowest BCUT2D eigenvalue weighted by Crippen LogP contribution is -2.33. The quantitative estimate of drug-likeness (QED) is 0.617. The van der Waals surface area contributed by atoms with Crippen molar-refractivity contribution in [2.45, 2.75) is 31.8 Å². The van der Waals surface area contributed by atoms with Crippen LogP contribution in [0.5, 0.6) is 0 Å². The van der Waals surface area contributed by atoms with Gasteiger partial charge in [-0.15, -0.1) is 10.2 Å². The predicted molar refractivity (Wildman–Crippen MR) is 114 cm³/mol. The van der Waals surface area contributed by atoms with Crippen LogP contribution in [0, 0.1) is 0 Å². The predicted octanol–water partition coefficient (Wildman–Crippen LogP) is 3.72. The molecule has 2 aromatic heterocycles. The molecular weight excluding hydrogens is 388 g/mol. The lowest BCUT2D eigenvalue weighted by atomic mass is 9.97. The van der Waals surface area contributed by atoms with E-state index in [1.165, 1.54) is 0 Å². The van der Waals surface area contributed by atoms with Crippen LogP contribution in [-0.4, -0.2) is 40.2 Å². The van der Waals surface area contributed by atoms with Crippen molar-refractivity contribution in [3.05, 3.63) is 65.0 Å². The maximum absolute atomic E-state index is 6.08. The van der Waals surface area contributed by atoms with Gasteiger partial charge in [0.1, 0.15) is 5.82 Å². The molecule has 0 saturated carbocycles. The molecule has 0 amide bonds. The van der Waals surface area contributed by atoms with E-state index in [0.29, 0.717) is 29.9 Å². The van der Waals surface area contributed by atoms with E-state index in [9.17, 15) is 0 Å². The minimum absolute atomic E-state index is 0.296. The molecule has 1 aromatic carbocycles. The number of halogens is 1. The van der Waals surface area contributed by atoms with Gasteiger partial charge >= 0.3 is 0 Å². The summed E-state index contributed by atoms with van der Waals surface area (Å²) in [5.74, 6) is 2.68. The van der Waals surface area contributed by atoms with E-state index in [4.69, 9.17) is 21.8 Å². The van der Waals surface area contributed by atoms with Crippen molar-refractivity contribution < 1.29 is 4.42 Å². The third-order valence-corrected chi connectivity index (χ3v) is 5.49. The van der Waals surface area contributed by atoms with Crippen LogP contribution in [0.2, 0.25) is 5.02 Å². The Morgan fingerprint density at radius 2 is 2.00 bits per heavy atom. The molecule has 1 fully saturated rings. The van der Waals surface area contributed by atoms with Crippen molar-refractivity contribution in [1.29, 1.82) is 0 Å². The number of nitrogen functional groups attached to an aromatic ring is 1. The van der Waals surface area contributed by atoms with E-state index < -0.39 is 0 Å². The van der Waals surface area contributed by atoms with Gasteiger partial charge in [-0.1, -0.05) is 17.7 Å². The first kappa shape index (κ1) is 19.7. The first-order valence-corrected chi connectivity index (χ1v) is 10.2. The van der Waals surface area contributed by atoms with Crippen LogP contribution in [0.15, 0.2) is 47.0 Å². The third-order valence-electron chi connectivity index (χ3n) is 5.25. The van der Waals surface area contributed by atoms with Crippen LogP contribution >= 0.6 is 11.6 Å². The van der Waals surface area contributed by atoms with Crippen molar-refractivity contribution in [3.8, 4) is 0 Å². The summed E-state index contributed by atoms with van der Waals surface area (Å²) in [6.07, 6.45) is 3.79. The van der Waals surface area contributed by atoms with Crippen LogP contribution < -0.4 is 10.6 Å². The van der Waals surface area contributed by atoms with Crippen LogP contribution in [0.25, 0.3) is 0 Å². The van der Waals surface area contributed by atoms with E-state index in [1.807, 2.05) is 43.6 Å². The molecule has 3 aromatic rings. The third kappa shape index (κ3) is 4.86. The van der Waals surface area contributed by atoms with Crippen LogP contribution in [0.3, 0.4) is 0 Å². The Balaban J connectivity index is 1.32. The molecule has 3 heterocycles. The van der Waals surface area contributed by atoms with Crippen molar-refractivity contribution in [2.24, 2.45) is 0 Å². The van der Waals surface area contributed by atoms with Gasteiger partial charge < -0.3 is 15.1 Å². The summed E-state index contributed by atoms with van der Waals surface area (Å²) < 4.78 is 5.97. The standard InChI is InChI=1S/C21H25ClN6O/c1-27(13-16-12-17(22)5-6-18(16)23)14-20-25-26-21(29-20)15-7-10-28(11-8-15)19-4-2-3-9-24-19/h2-6,9,12,15H,7-8,10-11,13-14,23H2,1H3. The second-order valence-corrected chi connectivity index (χ2v) is 7.94. The van der Waals surface area contributed by atoms with Crippen LogP contribution in [0.4, 0.5) is 11.5 Å². The fourth-order valence-corrected chi connectivity index (χ4v) is 3.88. The number of hydrogen-bond acceptors (Lipinski definition) is 7. The highest BCUT2D eigenvalue weighted by atomic mass is 35.5. The molecule has 152 valence electrons. The summed E-state index contributed by atoms with van der Waals surface area (Å²) in [6, 6.07) is 11.5. The normalized spacial score (nSPS) is 15.2. The molecule has 0 atom stereocenters. The molecule has 0 unspecified atom stereocenters. The second-order valence-electron chi connectivity index (χ2n) is 7.50. The van der Waals surface area contributed by atoms with Crippen molar-refractivity contribution in [1.82, 2.24) is 20.1 Å². The van der Waals surface area contributed by atoms with Gasteiger partial charge in [0, 0.05) is 42.5 Å². The number of aromatic nitrogens is 3. The molecule has 8 heteroatoms. The monoisotopic (exact) mass is 412 g/mol.